The Bertz CT molecular complexity index is 330. The zero-order valence-electron chi connectivity index (χ0n) is 10.1. The van der Waals surface area contributed by atoms with Gasteiger partial charge in [0.1, 0.15) is 5.75 Å². The molecule has 0 saturated heterocycles. The Morgan fingerprint density at radius 1 is 1.29 bits per heavy atom. The van der Waals surface area contributed by atoms with Crippen LogP contribution in [0.15, 0.2) is 24.3 Å². The zero-order valence-corrected chi connectivity index (χ0v) is 10.1. The lowest BCUT2D eigenvalue weighted by molar-refractivity contribution is -0.0498. The average molecular weight is 244 g/mol. The quantitative estimate of drug-likeness (QED) is 0.834. The van der Waals surface area contributed by atoms with Gasteiger partial charge < -0.3 is 10.5 Å². The molecule has 0 saturated carbocycles. The Morgan fingerprint density at radius 3 is 2.35 bits per heavy atom. The molecule has 1 aromatic rings. The largest absolute Gasteiger partial charge is 0.435 e. The van der Waals surface area contributed by atoms with Crippen molar-refractivity contribution in [3.63, 3.8) is 0 Å². The van der Waals surface area contributed by atoms with Crippen LogP contribution in [0.1, 0.15) is 18.5 Å². The highest BCUT2D eigenvalue weighted by Crippen LogP contribution is 2.22. The maximum Gasteiger partial charge on any atom is 0.387 e. The molecule has 3 nitrogen and oxygen atoms in total. The summed E-state index contributed by atoms with van der Waals surface area (Å²) >= 11 is 0. The van der Waals surface area contributed by atoms with Crippen molar-refractivity contribution in [1.29, 1.82) is 0 Å². The molecule has 0 aliphatic heterocycles. The predicted octanol–water partition coefficient (Wildman–Crippen LogP) is 2.24. The number of hydrogen-bond donors (Lipinski definition) is 1. The SMILES string of the molecule is CC(c1ccc(OC(F)F)cc1)N(C)CCN. The van der Waals surface area contributed by atoms with Gasteiger partial charge in [0.25, 0.3) is 0 Å². The fourth-order valence-corrected chi connectivity index (χ4v) is 1.58. The molecule has 0 amide bonds. The second-order valence-corrected chi connectivity index (χ2v) is 3.89. The molecule has 1 unspecified atom stereocenters. The summed E-state index contributed by atoms with van der Waals surface area (Å²) in [6, 6.07) is 6.87. The van der Waals surface area contributed by atoms with Crippen LogP contribution >= 0.6 is 0 Å². The van der Waals surface area contributed by atoms with Gasteiger partial charge in [0.15, 0.2) is 0 Å². The third-order valence-corrected chi connectivity index (χ3v) is 2.73. The highest BCUT2D eigenvalue weighted by Gasteiger charge is 2.11. The van der Waals surface area contributed by atoms with Crippen molar-refractivity contribution in [2.75, 3.05) is 20.1 Å². The number of hydrogen-bond acceptors (Lipinski definition) is 3. The fraction of sp³-hybridized carbons (Fsp3) is 0.500. The third kappa shape index (κ3) is 4.28. The summed E-state index contributed by atoms with van der Waals surface area (Å²) in [6.07, 6.45) is 0. The Hall–Kier alpha value is -1.20. The number of alkyl halides is 2. The van der Waals surface area contributed by atoms with Crippen molar-refractivity contribution in [2.24, 2.45) is 5.73 Å². The average Bonchev–Trinajstić information content (AvgIpc) is 2.28. The molecule has 96 valence electrons. The maximum absolute atomic E-state index is 12.0. The van der Waals surface area contributed by atoms with Crippen LogP contribution in [0.5, 0.6) is 5.75 Å². The Morgan fingerprint density at radius 2 is 1.88 bits per heavy atom. The highest BCUT2D eigenvalue weighted by molar-refractivity contribution is 5.28. The topological polar surface area (TPSA) is 38.5 Å². The van der Waals surface area contributed by atoms with Gasteiger partial charge in [0, 0.05) is 19.1 Å². The Labute approximate surface area is 100 Å². The minimum Gasteiger partial charge on any atom is -0.435 e. The van der Waals surface area contributed by atoms with Crippen LogP contribution in [-0.2, 0) is 0 Å². The van der Waals surface area contributed by atoms with Crippen LogP contribution in [0, 0.1) is 0 Å². The van der Waals surface area contributed by atoms with Crippen molar-refractivity contribution < 1.29 is 13.5 Å². The normalized spacial score (nSPS) is 13.1. The highest BCUT2D eigenvalue weighted by atomic mass is 19.3. The van der Waals surface area contributed by atoms with Gasteiger partial charge in [0.2, 0.25) is 0 Å². The van der Waals surface area contributed by atoms with Crippen molar-refractivity contribution in [3.05, 3.63) is 29.8 Å². The van der Waals surface area contributed by atoms with E-state index >= 15 is 0 Å². The number of nitrogens with zero attached hydrogens (tertiary/aromatic N) is 1. The molecule has 0 radical (unpaired) electrons. The first-order chi connectivity index (χ1) is 8.04. The van der Waals surface area contributed by atoms with Crippen molar-refractivity contribution >= 4 is 0 Å². The summed E-state index contributed by atoms with van der Waals surface area (Å²) in [7, 11) is 1.97. The van der Waals surface area contributed by atoms with E-state index < -0.39 is 6.61 Å². The molecule has 5 heteroatoms. The van der Waals surface area contributed by atoms with Gasteiger partial charge in [-0.15, -0.1) is 0 Å². The Kier molecular flexibility index (Phi) is 5.31. The molecule has 0 spiro atoms. The maximum atomic E-state index is 12.0. The van der Waals surface area contributed by atoms with Gasteiger partial charge in [-0.3, -0.25) is 4.90 Å². The Balaban J connectivity index is 2.66. The van der Waals surface area contributed by atoms with Crippen LogP contribution < -0.4 is 10.5 Å². The summed E-state index contributed by atoms with van der Waals surface area (Å²) in [4.78, 5) is 2.10. The fourth-order valence-electron chi connectivity index (χ4n) is 1.58. The van der Waals surface area contributed by atoms with E-state index in [1.165, 1.54) is 0 Å². The smallest absolute Gasteiger partial charge is 0.387 e. The van der Waals surface area contributed by atoms with Crippen molar-refractivity contribution in [3.8, 4) is 5.75 Å². The molecule has 1 atom stereocenters. The summed E-state index contributed by atoms with van der Waals surface area (Å²) in [5, 5.41) is 0. The predicted molar refractivity (Wildman–Crippen MR) is 63.2 cm³/mol. The number of ether oxygens (including phenoxy) is 1. The lowest BCUT2D eigenvalue weighted by Gasteiger charge is -2.24. The minimum absolute atomic E-state index is 0.178. The molecule has 2 N–H and O–H groups in total. The molecule has 0 fully saturated rings. The van der Waals surface area contributed by atoms with Gasteiger partial charge >= 0.3 is 6.61 Å². The number of benzene rings is 1. The lowest BCUT2D eigenvalue weighted by Crippen LogP contribution is -2.28. The van der Waals surface area contributed by atoms with Crippen LogP contribution in [-0.4, -0.2) is 31.6 Å². The molecule has 0 aliphatic rings. The van der Waals surface area contributed by atoms with Crippen molar-refractivity contribution in [1.82, 2.24) is 4.90 Å². The van der Waals surface area contributed by atoms with Crippen LogP contribution in [0.3, 0.4) is 0 Å². The van der Waals surface area contributed by atoms with Gasteiger partial charge in [-0.25, -0.2) is 0 Å². The van der Waals surface area contributed by atoms with Crippen LogP contribution in [0.2, 0.25) is 0 Å². The van der Waals surface area contributed by atoms with E-state index in [1.54, 1.807) is 24.3 Å². The van der Waals surface area contributed by atoms with Gasteiger partial charge in [-0.2, -0.15) is 8.78 Å². The number of nitrogens with two attached hydrogens (primary N) is 1. The van der Waals surface area contributed by atoms with Gasteiger partial charge in [-0.1, -0.05) is 12.1 Å². The molecule has 0 aromatic heterocycles. The molecule has 17 heavy (non-hydrogen) atoms. The minimum atomic E-state index is -2.78. The van der Waals surface area contributed by atoms with Crippen LogP contribution in [0.4, 0.5) is 8.78 Å². The molecule has 0 heterocycles. The van der Waals surface area contributed by atoms with Crippen LogP contribution in [0.25, 0.3) is 0 Å². The number of rotatable bonds is 6. The molecule has 0 aliphatic carbocycles. The summed E-state index contributed by atoms with van der Waals surface area (Å²) < 4.78 is 28.2. The monoisotopic (exact) mass is 244 g/mol. The summed E-state index contributed by atoms with van der Waals surface area (Å²) in [5.74, 6) is 0.178. The van der Waals surface area contributed by atoms with E-state index in [4.69, 9.17) is 5.73 Å². The summed E-state index contributed by atoms with van der Waals surface area (Å²) in [5.41, 5.74) is 6.52. The second kappa shape index (κ2) is 6.51. The van der Waals surface area contributed by atoms with Gasteiger partial charge in [0.05, 0.1) is 0 Å². The zero-order chi connectivity index (χ0) is 12.8. The molecule has 1 aromatic carbocycles. The van der Waals surface area contributed by atoms with Gasteiger partial charge in [-0.05, 0) is 31.7 Å². The molecular weight excluding hydrogens is 226 g/mol. The first-order valence-corrected chi connectivity index (χ1v) is 5.49. The summed E-state index contributed by atoms with van der Waals surface area (Å²) in [6.45, 7) is 0.640. The number of likely N-dealkylation sites (N-methyl/N-ethyl adjacent to an activating group) is 1. The van der Waals surface area contributed by atoms with E-state index in [1.807, 2.05) is 14.0 Å². The standard InChI is InChI=1S/C12H18F2N2O/c1-9(16(2)8-7-15)10-3-5-11(6-4-10)17-12(13)14/h3-6,9,12H,7-8,15H2,1-2H3. The van der Waals surface area contributed by atoms with Crippen molar-refractivity contribution in [2.45, 2.75) is 19.6 Å². The van der Waals surface area contributed by atoms with E-state index in [2.05, 4.69) is 9.64 Å². The first kappa shape index (κ1) is 13.9. The second-order valence-electron chi connectivity index (χ2n) is 3.89. The van der Waals surface area contributed by atoms with E-state index in [-0.39, 0.29) is 11.8 Å². The third-order valence-electron chi connectivity index (χ3n) is 2.73. The van der Waals surface area contributed by atoms with E-state index in [9.17, 15) is 8.78 Å². The van der Waals surface area contributed by atoms with E-state index in [0.717, 1.165) is 12.1 Å². The molecule has 1 rings (SSSR count). The first-order valence-electron chi connectivity index (χ1n) is 5.49. The van der Waals surface area contributed by atoms with E-state index in [0.29, 0.717) is 6.54 Å². The number of halogens is 2. The molecular formula is C12H18F2N2O. The molecule has 0 bridgehead atoms. The lowest BCUT2D eigenvalue weighted by atomic mass is 10.1.